The molecule has 12 heteroatoms. The molecule has 2 heterocycles. The summed E-state index contributed by atoms with van der Waals surface area (Å²) in [5.41, 5.74) is 4.07. The zero-order valence-corrected chi connectivity index (χ0v) is 19.6. The molecule has 0 aromatic heterocycles. The highest BCUT2D eigenvalue weighted by Crippen LogP contribution is 2.26. The Bertz CT molecular complexity index is 874. The maximum absolute atomic E-state index is 13.7. The smallest absolute Gasteiger partial charge is 0.303 e. The van der Waals surface area contributed by atoms with Crippen molar-refractivity contribution in [3.63, 3.8) is 0 Å². The van der Waals surface area contributed by atoms with Crippen LogP contribution in [0.2, 0.25) is 0 Å². The second-order valence-corrected chi connectivity index (χ2v) is 9.03. The summed E-state index contributed by atoms with van der Waals surface area (Å²) in [5.74, 6) is -3.75. The van der Waals surface area contributed by atoms with Crippen LogP contribution < -0.4 is 21.7 Å². The zero-order chi connectivity index (χ0) is 25.6. The largest absolute Gasteiger partial charge is 0.481 e. The van der Waals surface area contributed by atoms with Gasteiger partial charge in [-0.3, -0.25) is 34.6 Å². The number of carboxylic acids is 1. The van der Waals surface area contributed by atoms with E-state index in [-0.39, 0.29) is 25.2 Å². The average molecular weight is 480 g/mol. The first-order chi connectivity index (χ1) is 15.9. The van der Waals surface area contributed by atoms with Crippen LogP contribution >= 0.6 is 0 Å². The topological polar surface area (TPSA) is 188 Å². The van der Waals surface area contributed by atoms with Crippen molar-refractivity contribution in [2.75, 3.05) is 7.05 Å². The summed E-state index contributed by atoms with van der Waals surface area (Å²) in [7, 11) is 1.38. The first-order valence-electron chi connectivity index (χ1n) is 11.2. The number of allylic oxidation sites excluding steroid dienone is 1. The van der Waals surface area contributed by atoms with E-state index >= 15 is 0 Å². The number of likely N-dealkylation sites (N-methyl/N-ethyl adjacent to an activating group) is 1. The van der Waals surface area contributed by atoms with Gasteiger partial charge in [-0.15, -0.1) is 0 Å². The quantitative estimate of drug-likeness (QED) is 0.139. The summed E-state index contributed by atoms with van der Waals surface area (Å²) < 4.78 is 0. The SMILES string of the molecule is CC(C)C[C@@H](C=O)NC1NC2(C=CCCC(=O)NC(C(=O)[C@@H](N)CCC(=O)O)C2=O)N(C)C1=O. The Morgan fingerprint density at radius 3 is 2.62 bits per heavy atom. The molecule has 0 radical (unpaired) electrons. The Kier molecular flexibility index (Phi) is 9.19. The highest BCUT2D eigenvalue weighted by molar-refractivity contribution is 6.16. The number of nitrogens with zero attached hydrogens (tertiary/aromatic N) is 1. The molecule has 2 aliphatic rings. The van der Waals surface area contributed by atoms with E-state index in [0.717, 1.165) is 4.90 Å². The number of amides is 2. The monoisotopic (exact) mass is 479 g/mol. The molecule has 1 saturated heterocycles. The second kappa shape index (κ2) is 11.4. The molecule has 12 nitrogen and oxygen atoms in total. The molecular weight excluding hydrogens is 446 g/mol. The number of carbonyl (C=O) groups is 6. The van der Waals surface area contributed by atoms with Crippen molar-refractivity contribution in [2.45, 2.75) is 75.9 Å². The fourth-order valence-corrected chi connectivity index (χ4v) is 4.05. The van der Waals surface area contributed by atoms with Gasteiger partial charge in [0.05, 0.1) is 12.1 Å². The van der Waals surface area contributed by atoms with E-state index in [2.05, 4.69) is 16.0 Å². The van der Waals surface area contributed by atoms with Gasteiger partial charge in [0, 0.05) is 19.9 Å². The lowest BCUT2D eigenvalue weighted by Gasteiger charge is -2.34. The van der Waals surface area contributed by atoms with Crippen molar-refractivity contribution in [3.05, 3.63) is 12.2 Å². The molecule has 0 aromatic carbocycles. The number of hydrogen-bond donors (Lipinski definition) is 5. The Balaban J connectivity index is 2.39. The molecule has 2 amide bonds. The third kappa shape index (κ3) is 6.13. The van der Waals surface area contributed by atoms with E-state index < -0.39 is 65.7 Å². The molecule has 5 atom stereocenters. The second-order valence-electron chi connectivity index (χ2n) is 9.03. The Morgan fingerprint density at radius 1 is 1.35 bits per heavy atom. The molecule has 1 fully saturated rings. The standard InChI is InChI=1S/C22H33N5O7/c1-12(2)10-13(11-28)24-20-21(34)27(3)22(26-20)9-5-4-6-15(29)25-17(19(22)33)18(32)14(23)7-8-16(30)31/h5,9,11-14,17,20,24,26H,4,6-8,10,23H2,1-3H3,(H,25,29)(H,30,31)/t13-,14-,17?,20?,22?/m0/s1. The van der Waals surface area contributed by atoms with Gasteiger partial charge in [-0.25, -0.2) is 0 Å². The number of nitrogens with one attached hydrogen (secondary N) is 3. The number of hydrogen-bond acceptors (Lipinski definition) is 9. The molecule has 1 spiro atoms. The Morgan fingerprint density at radius 2 is 2.03 bits per heavy atom. The summed E-state index contributed by atoms with van der Waals surface area (Å²) in [5, 5.41) is 17.1. The third-order valence-electron chi connectivity index (χ3n) is 5.90. The number of carboxylic acid groups (broad SMARTS) is 1. The molecule has 188 valence electrons. The van der Waals surface area contributed by atoms with Gasteiger partial charge in [-0.05, 0) is 31.3 Å². The molecule has 2 aliphatic heterocycles. The Hall–Kier alpha value is -2.96. The molecule has 34 heavy (non-hydrogen) atoms. The van der Waals surface area contributed by atoms with Gasteiger partial charge in [-0.1, -0.05) is 19.9 Å². The van der Waals surface area contributed by atoms with E-state index in [9.17, 15) is 28.8 Å². The van der Waals surface area contributed by atoms with E-state index in [4.69, 9.17) is 10.8 Å². The van der Waals surface area contributed by atoms with Crippen LogP contribution in [0.15, 0.2) is 12.2 Å². The summed E-state index contributed by atoms with van der Waals surface area (Å²) >= 11 is 0. The van der Waals surface area contributed by atoms with Crippen molar-refractivity contribution < 1.29 is 33.9 Å². The van der Waals surface area contributed by atoms with Gasteiger partial charge in [0.1, 0.15) is 12.5 Å². The lowest BCUT2D eigenvalue weighted by Crippen LogP contribution is -2.66. The number of carbonyl (C=O) groups excluding carboxylic acids is 5. The average Bonchev–Trinajstić information content (AvgIpc) is 3.04. The normalized spacial score (nSPS) is 27.2. The minimum Gasteiger partial charge on any atom is -0.481 e. The predicted octanol–water partition coefficient (Wildman–Crippen LogP) is -1.56. The maximum atomic E-state index is 13.7. The molecular formula is C22H33N5O7. The van der Waals surface area contributed by atoms with Gasteiger partial charge in [0.2, 0.25) is 11.7 Å². The van der Waals surface area contributed by atoms with Crippen molar-refractivity contribution in [3.8, 4) is 0 Å². The summed E-state index contributed by atoms with van der Waals surface area (Å²) in [6, 6.07) is -3.66. The summed E-state index contributed by atoms with van der Waals surface area (Å²) in [6.07, 6.45) is 2.68. The lowest BCUT2D eigenvalue weighted by atomic mass is 9.90. The molecule has 0 aromatic rings. The van der Waals surface area contributed by atoms with E-state index in [1.807, 2.05) is 13.8 Å². The van der Waals surface area contributed by atoms with Crippen LogP contribution in [0.3, 0.4) is 0 Å². The molecule has 0 bridgehead atoms. The zero-order valence-electron chi connectivity index (χ0n) is 19.6. The fraction of sp³-hybridized carbons (Fsp3) is 0.636. The predicted molar refractivity (Wildman–Crippen MR) is 120 cm³/mol. The van der Waals surface area contributed by atoms with Crippen LogP contribution in [0.1, 0.15) is 46.0 Å². The fourth-order valence-electron chi connectivity index (χ4n) is 4.05. The molecule has 0 saturated carbocycles. The van der Waals surface area contributed by atoms with Crippen LogP contribution in [0.25, 0.3) is 0 Å². The van der Waals surface area contributed by atoms with Crippen LogP contribution in [0.5, 0.6) is 0 Å². The van der Waals surface area contributed by atoms with Gasteiger partial charge in [0.25, 0.3) is 5.91 Å². The number of nitrogens with two attached hydrogens (primary N) is 1. The van der Waals surface area contributed by atoms with Gasteiger partial charge in [-0.2, -0.15) is 0 Å². The molecule has 6 N–H and O–H groups in total. The van der Waals surface area contributed by atoms with Crippen molar-refractivity contribution in [1.29, 1.82) is 0 Å². The van der Waals surface area contributed by atoms with Crippen LogP contribution in [0.4, 0.5) is 0 Å². The van der Waals surface area contributed by atoms with Crippen LogP contribution in [-0.2, 0) is 28.8 Å². The maximum Gasteiger partial charge on any atom is 0.303 e. The summed E-state index contributed by atoms with van der Waals surface area (Å²) in [4.78, 5) is 75.6. The highest BCUT2D eigenvalue weighted by Gasteiger charge is 2.56. The highest BCUT2D eigenvalue weighted by atomic mass is 16.4. The van der Waals surface area contributed by atoms with E-state index in [1.165, 1.54) is 13.1 Å². The molecule has 3 unspecified atom stereocenters. The van der Waals surface area contributed by atoms with Gasteiger partial charge < -0.3 is 25.9 Å². The van der Waals surface area contributed by atoms with Crippen molar-refractivity contribution in [1.82, 2.24) is 20.9 Å². The minimum atomic E-state index is -1.79. The first-order valence-corrected chi connectivity index (χ1v) is 11.2. The lowest BCUT2D eigenvalue weighted by molar-refractivity contribution is -0.143. The third-order valence-corrected chi connectivity index (χ3v) is 5.90. The summed E-state index contributed by atoms with van der Waals surface area (Å²) in [6.45, 7) is 3.85. The Labute approximate surface area is 197 Å². The molecule has 2 rings (SSSR count). The number of rotatable bonds is 10. The van der Waals surface area contributed by atoms with Crippen molar-refractivity contribution in [2.24, 2.45) is 11.7 Å². The van der Waals surface area contributed by atoms with Gasteiger partial charge in [0.15, 0.2) is 17.5 Å². The number of Topliss-reactive ketones (excluding diaryl/α,β-unsaturated/α-hetero) is 2. The number of aldehydes is 1. The van der Waals surface area contributed by atoms with Crippen molar-refractivity contribution >= 4 is 35.6 Å². The van der Waals surface area contributed by atoms with Crippen LogP contribution in [0, 0.1) is 5.92 Å². The first kappa shape index (κ1) is 27.3. The number of ketones is 2. The molecule has 0 aliphatic carbocycles. The van der Waals surface area contributed by atoms with Crippen LogP contribution in [-0.4, -0.2) is 82.6 Å². The van der Waals surface area contributed by atoms with Gasteiger partial charge >= 0.3 is 5.97 Å². The van der Waals surface area contributed by atoms with E-state index in [1.54, 1.807) is 6.08 Å². The minimum absolute atomic E-state index is 0.00501. The number of aliphatic carboxylic acids is 1. The van der Waals surface area contributed by atoms with E-state index in [0.29, 0.717) is 12.7 Å².